The molecule has 6 heteroatoms. The van der Waals surface area contributed by atoms with E-state index in [9.17, 15) is 22.4 Å². The molecule has 1 nitrogen and oxygen atoms in total. The third-order valence-electron chi connectivity index (χ3n) is 1.97. The predicted octanol–water partition coefficient (Wildman–Crippen LogP) is 4.50. The minimum atomic E-state index is -0.824. The summed E-state index contributed by atoms with van der Waals surface area (Å²) < 4.78 is 49.2. The molecule has 0 aromatic heterocycles. The number of carbonyl (C=O) groups is 1. The highest BCUT2D eigenvalue weighted by atomic mass is 79.9. The highest BCUT2D eigenvalue weighted by Gasteiger charge is 2.00. The average molecular weight is 335 g/mol. The van der Waals surface area contributed by atoms with Crippen LogP contribution in [0, 0.1) is 23.3 Å². The Bertz CT molecular complexity index is 587. The first-order valence-electron chi connectivity index (χ1n) is 4.95. The maximum atomic E-state index is 12.4. The summed E-state index contributed by atoms with van der Waals surface area (Å²) in [6, 6.07) is 6.14. The van der Waals surface area contributed by atoms with Gasteiger partial charge in [0.2, 0.25) is 0 Å². The van der Waals surface area contributed by atoms with E-state index in [1.807, 2.05) is 0 Å². The van der Waals surface area contributed by atoms with E-state index in [1.165, 1.54) is 12.1 Å². The van der Waals surface area contributed by atoms with Crippen LogP contribution in [0.4, 0.5) is 17.6 Å². The van der Waals surface area contributed by atoms with Crippen molar-refractivity contribution >= 4 is 22.2 Å². The topological polar surface area (TPSA) is 17.1 Å². The summed E-state index contributed by atoms with van der Waals surface area (Å²) in [6.45, 7) is 0. The highest BCUT2D eigenvalue weighted by Crippen LogP contribution is 2.14. The first kappa shape index (κ1) is 15.4. The molecule has 0 fully saturated rings. The lowest BCUT2D eigenvalue weighted by Crippen LogP contribution is -1.87. The molecule has 0 atom stereocenters. The van der Waals surface area contributed by atoms with Crippen molar-refractivity contribution in [2.24, 2.45) is 0 Å². The minimum Gasteiger partial charge on any atom is -0.298 e. The number of hydrogen-bond acceptors (Lipinski definition) is 1. The van der Waals surface area contributed by atoms with E-state index >= 15 is 0 Å². The van der Waals surface area contributed by atoms with Gasteiger partial charge in [0.1, 0.15) is 23.3 Å². The number of halogens is 5. The van der Waals surface area contributed by atoms with Gasteiger partial charge in [-0.1, -0.05) is 0 Å². The van der Waals surface area contributed by atoms with E-state index < -0.39 is 23.3 Å². The fourth-order valence-corrected chi connectivity index (χ4v) is 1.31. The molecule has 2 aromatic carbocycles. The zero-order valence-corrected chi connectivity index (χ0v) is 10.9. The molecule has 0 aliphatic carbocycles. The normalized spacial score (nSPS) is 9.53. The Balaban J connectivity index is 0.000000191. The molecule has 2 rings (SSSR count). The second-order valence-electron chi connectivity index (χ2n) is 3.34. The number of rotatable bonds is 1. The first-order chi connectivity index (χ1) is 8.93. The standard InChI is InChI=1S/C7H4F2O.C6H3BrF2/c8-6-2-1-5(4-10)7(9)3-6;7-5-2-1-4(8)3-6(5)9/h1-4H;1-3H. The molecule has 0 aliphatic heterocycles. The van der Waals surface area contributed by atoms with Crippen molar-refractivity contribution in [3.63, 3.8) is 0 Å². The van der Waals surface area contributed by atoms with Crippen LogP contribution < -0.4 is 0 Å². The summed E-state index contributed by atoms with van der Waals surface area (Å²) in [4.78, 5) is 9.98. The average Bonchev–Trinajstić information content (AvgIpc) is 2.35. The molecular formula is C13H7BrF4O. The Hall–Kier alpha value is -1.69. The van der Waals surface area contributed by atoms with Crippen molar-refractivity contribution in [2.75, 3.05) is 0 Å². The molecule has 100 valence electrons. The number of hydrogen-bond donors (Lipinski definition) is 0. The summed E-state index contributed by atoms with van der Waals surface area (Å²) in [5.74, 6) is -2.64. The monoisotopic (exact) mass is 334 g/mol. The van der Waals surface area contributed by atoms with Gasteiger partial charge in [-0.05, 0) is 40.2 Å². The zero-order valence-electron chi connectivity index (χ0n) is 9.34. The zero-order chi connectivity index (χ0) is 14.4. The van der Waals surface area contributed by atoms with Gasteiger partial charge in [0, 0.05) is 12.1 Å². The van der Waals surface area contributed by atoms with Crippen molar-refractivity contribution in [1.82, 2.24) is 0 Å². The Morgan fingerprint density at radius 1 is 0.842 bits per heavy atom. The van der Waals surface area contributed by atoms with Crippen molar-refractivity contribution in [2.45, 2.75) is 0 Å². The molecule has 19 heavy (non-hydrogen) atoms. The molecule has 0 N–H and O–H groups in total. The Morgan fingerprint density at radius 3 is 1.79 bits per heavy atom. The molecule has 0 bridgehead atoms. The van der Waals surface area contributed by atoms with Crippen LogP contribution in [0.2, 0.25) is 0 Å². The van der Waals surface area contributed by atoms with E-state index in [-0.39, 0.29) is 10.0 Å². The van der Waals surface area contributed by atoms with Gasteiger partial charge in [0.25, 0.3) is 0 Å². The molecule has 0 heterocycles. The predicted molar refractivity (Wildman–Crippen MR) is 65.8 cm³/mol. The van der Waals surface area contributed by atoms with Crippen molar-refractivity contribution in [3.05, 3.63) is 69.7 Å². The van der Waals surface area contributed by atoms with Crippen molar-refractivity contribution in [3.8, 4) is 0 Å². The van der Waals surface area contributed by atoms with E-state index in [0.29, 0.717) is 12.4 Å². The third-order valence-corrected chi connectivity index (χ3v) is 2.61. The molecule has 0 unspecified atom stereocenters. The van der Waals surface area contributed by atoms with Crippen LogP contribution in [0.1, 0.15) is 10.4 Å². The van der Waals surface area contributed by atoms with Gasteiger partial charge >= 0.3 is 0 Å². The maximum Gasteiger partial charge on any atom is 0.152 e. The number of aldehydes is 1. The van der Waals surface area contributed by atoms with Crippen LogP contribution in [0.15, 0.2) is 40.9 Å². The lowest BCUT2D eigenvalue weighted by atomic mass is 10.2. The van der Waals surface area contributed by atoms with Gasteiger partial charge in [-0.3, -0.25) is 4.79 Å². The highest BCUT2D eigenvalue weighted by molar-refractivity contribution is 9.10. The van der Waals surface area contributed by atoms with Gasteiger partial charge < -0.3 is 0 Å². The molecule has 0 saturated carbocycles. The van der Waals surface area contributed by atoms with Gasteiger partial charge in [-0.2, -0.15) is 0 Å². The molecule has 0 radical (unpaired) electrons. The molecule has 0 saturated heterocycles. The van der Waals surface area contributed by atoms with Crippen LogP contribution >= 0.6 is 15.9 Å². The Kier molecular flexibility index (Phi) is 5.69. The van der Waals surface area contributed by atoms with E-state index in [1.54, 1.807) is 0 Å². The second kappa shape index (κ2) is 7.04. The van der Waals surface area contributed by atoms with Crippen LogP contribution in [0.3, 0.4) is 0 Å². The van der Waals surface area contributed by atoms with Crippen LogP contribution in [-0.4, -0.2) is 6.29 Å². The summed E-state index contributed by atoms with van der Waals surface area (Å²) in [6.07, 6.45) is 0.342. The van der Waals surface area contributed by atoms with Crippen molar-refractivity contribution in [1.29, 1.82) is 0 Å². The molecule has 0 amide bonds. The molecule has 0 spiro atoms. The minimum absolute atomic E-state index is 0.124. The largest absolute Gasteiger partial charge is 0.298 e. The lowest BCUT2D eigenvalue weighted by molar-refractivity contribution is 0.111. The van der Waals surface area contributed by atoms with Gasteiger partial charge in [-0.15, -0.1) is 0 Å². The fourth-order valence-electron chi connectivity index (χ4n) is 1.07. The summed E-state index contributed by atoms with van der Waals surface area (Å²) in [5, 5.41) is 0. The lowest BCUT2D eigenvalue weighted by Gasteiger charge is -1.91. The fraction of sp³-hybridized carbons (Fsp3) is 0. The number of carbonyl (C=O) groups excluding carboxylic acids is 1. The van der Waals surface area contributed by atoms with Crippen LogP contribution in [0.5, 0.6) is 0 Å². The van der Waals surface area contributed by atoms with Crippen molar-refractivity contribution < 1.29 is 22.4 Å². The SMILES string of the molecule is Fc1ccc(Br)c(F)c1.O=Cc1ccc(F)cc1F. The molecular weight excluding hydrogens is 328 g/mol. The van der Waals surface area contributed by atoms with Gasteiger partial charge in [-0.25, -0.2) is 17.6 Å². The quantitative estimate of drug-likeness (QED) is 0.426. The first-order valence-corrected chi connectivity index (χ1v) is 5.74. The van der Waals surface area contributed by atoms with Gasteiger partial charge in [0.05, 0.1) is 10.0 Å². The Morgan fingerprint density at radius 2 is 1.37 bits per heavy atom. The number of benzene rings is 2. The van der Waals surface area contributed by atoms with Crippen LogP contribution in [-0.2, 0) is 0 Å². The third kappa shape index (κ3) is 4.82. The van der Waals surface area contributed by atoms with E-state index in [0.717, 1.165) is 18.2 Å². The second-order valence-corrected chi connectivity index (χ2v) is 4.20. The molecule has 2 aromatic rings. The Labute approximate surface area is 115 Å². The van der Waals surface area contributed by atoms with E-state index in [4.69, 9.17) is 0 Å². The van der Waals surface area contributed by atoms with E-state index in [2.05, 4.69) is 15.9 Å². The maximum absolute atomic E-state index is 12.4. The summed E-state index contributed by atoms with van der Waals surface area (Å²) in [7, 11) is 0. The summed E-state index contributed by atoms with van der Waals surface area (Å²) >= 11 is 2.89. The summed E-state index contributed by atoms with van der Waals surface area (Å²) in [5.41, 5.74) is -0.124. The molecule has 0 aliphatic rings. The van der Waals surface area contributed by atoms with Gasteiger partial charge in [0.15, 0.2) is 6.29 Å². The van der Waals surface area contributed by atoms with Crippen LogP contribution in [0.25, 0.3) is 0 Å². The smallest absolute Gasteiger partial charge is 0.152 e.